The molecule has 6 heteroatoms. The summed E-state index contributed by atoms with van der Waals surface area (Å²) in [6.45, 7) is 5.35. The third kappa shape index (κ3) is 3.31. The van der Waals surface area contributed by atoms with Crippen molar-refractivity contribution in [1.82, 2.24) is 20.3 Å². The van der Waals surface area contributed by atoms with Crippen molar-refractivity contribution in [3.8, 4) is 22.5 Å². The minimum absolute atomic E-state index is 0.106. The molecule has 28 heavy (non-hydrogen) atoms. The Kier molecular flexibility index (Phi) is 4.96. The molecule has 6 nitrogen and oxygen atoms in total. The van der Waals surface area contributed by atoms with Gasteiger partial charge in [0.25, 0.3) is 0 Å². The van der Waals surface area contributed by atoms with Crippen LogP contribution in [0, 0.1) is 0 Å². The summed E-state index contributed by atoms with van der Waals surface area (Å²) in [4.78, 5) is 15.1. The van der Waals surface area contributed by atoms with E-state index >= 15 is 0 Å². The average Bonchev–Trinajstić information content (AvgIpc) is 3.05. The predicted molar refractivity (Wildman–Crippen MR) is 111 cm³/mol. The second-order valence-corrected chi connectivity index (χ2v) is 7.42. The molecule has 0 radical (unpaired) electrons. The largest absolute Gasteiger partial charge is 0.314 e. The molecule has 0 saturated heterocycles. The van der Waals surface area contributed by atoms with Crippen molar-refractivity contribution in [2.45, 2.75) is 32.9 Å². The Balaban J connectivity index is 1.84. The topological polar surface area (TPSA) is 63.1 Å². The molecule has 1 aromatic heterocycles. The smallest absolute Gasteiger partial charge is 0.228 e. The Morgan fingerprint density at radius 3 is 2.61 bits per heavy atom. The Morgan fingerprint density at radius 2 is 1.82 bits per heavy atom. The molecule has 0 atom stereocenters. The minimum atomic E-state index is 0.106. The van der Waals surface area contributed by atoms with Gasteiger partial charge in [0.05, 0.1) is 17.9 Å². The Labute approximate surface area is 165 Å². The van der Waals surface area contributed by atoms with Crippen LogP contribution in [-0.4, -0.2) is 33.5 Å². The van der Waals surface area contributed by atoms with Crippen LogP contribution < -0.4 is 10.2 Å². The van der Waals surface area contributed by atoms with Crippen LogP contribution in [0.5, 0.6) is 0 Å². The minimum Gasteiger partial charge on any atom is -0.314 e. The van der Waals surface area contributed by atoms with E-state index in [1.165, 1.54) is 0 Å². The van der Waals surface area contributed by atoms with Crippen molar-refractivity contribution in [3.63, 3.8) is 0 Å². The zero-order valence-corrected chi connectivity index (χ0v) is 16.5. The summed E-state index contributed by atoms with van der Waals surface area (Å²) in [5.41, 5.74) is 5.77. The van der Waals surface area contributed by atoms with Crippen LogP contribution in [0.15, 0.2) is 48.5 Å². The first-order valence-electron chi connectivity index (χ1n) is 9.67. The van der Waals surface area contributed by atoms with Gasteiger partial charge in [-0.2, -0.15) is 0 Å². The second-order valence-electron chi connectivity index (χ2n) is 7.42. The zero-order valence-electron chi connectivity index (χ0n) is 16.5. The van der Waals surface area contributed by atoms with Crippen molar-refractivity contribution >= 4 is 11.6 Å². The molecule has 1 N–H and O–H groups in total. The van der Waals surface area contributed by atoms with Crippen LogP contribution in [0.4, 0.5) is 5.69 Å². The molecule has 0 bridgehead atoms. The van der Waals surface area contributed by atoms with Crippen molar-refractivity contribution < 1.29 is 4.79 Å². The summed E-state index contributed by atoms with van der Waals surface area (Å²) in [5.74, 6) is 0.106. The van der Waals surface area contributed by atoms with Gasteiger partial charge in [-0.05, 0) is 11.6 Å². The highest BCUT2D eigenvalue weighted by Gasteiger charge is 2.28. The van der Waals surface area contributed by atoms with E-state index < -0.39 is 0 Å². The maximum Gasteiger partial charge on any atom is 0.228 e. The number of amides is 1. The van der Waals surface area contributed by atoms with Gasteiger partial charge in [-0.1, -0.05) is 61.5 Å². The second kappa shape index (κ2) is 7.56. The number of carbonyl (C=O) groups is 1. The van der Waals surface area contributed by atoms with Gasteiger partial charge in [-0.25, -0.2) is 4.68 Å². The summed E-state index contributed by atoms with van der Waals surface area (Å²) in [6.07, 6.45) is 0.450. The Bertz CT molecular complexity index is 1010. The number of nitrogens with zero attached hydrogens (tertiary/aromatic N) is 4. The number of para-hydroxylation sites is 1. The van der Waals surface area contributed by atoms with Crippen molar-refractivity contribution in [3.05, 3.63) is 54.1 Å². The Hall–Kier alpha value is -2.99. The molecule has 2 aromatic carbocycles. The van der Waals surface area contributed by atoms with Crippen molar-refractivity contribution in [2.75, 3.05) is 11.4 Å². The highest BCUT2D eigenvalue weighted by atomic mass is 16.2. The van der Waals surface area contributed by atoms with Crippen LogP contribution in [-0.2, 0) is 18.4 Å². The number of nitrogens with one attached hydrogen (secondary N) is 1. The fourth-order valence-corrected chi connectivity index (χ4v) is 3.72. The number of fused-ring (bicyclic) bond motifs is 5. The number of aryl methyl sites for hydroxylation is 1. The molecule has 1 aliphatic heterocycles. The molecule has 0 saturated carbocycles. The third-order valence-electron chi connectivity index (χ3n) is 5.07. The first kappa shape index (κ1) is 18.4. The van der Waals surface area contributed by atoms with Crippen LogP contribution in [0.3, 0.4) is 0 Å². The molecule has 4 rings (SSSR count). The van der Waals surface area contributed by atoms with Gasteiger partial charge in [0.15, 0.2) is 0 Å². The van der Waals surface area contributed by atoms with Crippen LogP contribution in [0.1, 0.15) is 25.8 Å². The molecule has 1 aliphatic rings. The van der Waals surface area contributed by atoms with Crippen LogP contribution in [0.25, 0.3) is 22.5 Å². The quantitative estimate of drug-likeness (QED) is 0.759. The van der Waals surface area contributed by atoms with Crippen LogP contribution >= 0.6 is 0 Å². The van der Waals surface area contributed by atoms with Crippen molar-refractivity contribution in [1.29, 1.82) is 0 Å². The summed E-state index contributed by atoms with van der Waals surface area (Å²) >= 11 is 0. The van der Waals surface area contributed by atoms with E-state index in [2.05, 4.69) is 41.6 Å². The molecule has 0 aliphatic carbocycles. The maximum absolute atomic E-state index is 13.2. The summed E-state index contributed by atoms with van der Waals surface area (Å²) in [7, 11) is 1.89. The van der Waals surface area contributed by atoms with E-state index in [1.807, 2.05) is 48.3 Å². The van der Waals surface area contributed by atoms with Gasteiger partial charge in [0.1, 0.15) is 5.69 Å². The maximum atomic E-state index is 13.2. The number of aromatic nitrogens is 3. The molecular weight excluding hydrogens is 350 g/mol. The number of benzene rings is 2. The van der Waals surface area contributed by atoms with Gasteiger partial charge in [-0.3, -0.25) is 4.79 Å². The van der Waals surface area contributed by atoms with Gasteiger partial charge in [0, 0.05) is 37.2 Å². The summed E-state index contributed by atoms with van der Waals surface area (Å²) < 4.78 is 1.79. The molecule has 0 fully saturated rings. The van der Waals surface area contributed by atoms with E-state index in [1.54, 1.807) is 4.68 Å². The molecule has 144 valence electrons. The predicted octanol–water partition coefficient (Wildman–Crippen LogP) is 3.38. The normalized spacial score (nSPS) is 12.8. The van der Waals surface area contributed by atoms with Crippen LogP contribution in [0.2, 0.25) is 0 Å². The molecule has 0 unspecified atom stereocenters. The number of hydrogen-bond donors (Lipinski definition) is 1. The van der Waals surface area contributed by atoms with E-state index in [0.29, 0.717) is 25.6 Å². The standard InChI is InChI=1S/C22H25N5O/c1-15(2)23-13-12-20(28)27-14-16-8-4-5-9-17(16)21-22(26(3)25-24-21)18-10-6-7-11-19(18)27/h4-11,15,23H,12-14H2,1-3H3. The van der Waals surface area contributed by atoms with Gasteiger partial charge in [-0.15, -0.1) is 5.10 Å². The monoisotopic (exact) mass is 375 g/mol. The molecule has 2 heterocycles. The lowest BCUT2D eigenvalue weighted by atomic mass is 9.95. The highest BCUT2D eigenvalue weighted by molar-refractivity contribution is 6.00. The molecule has 1 amide bonds. The van der Waals surface area contributed by atoms with E-state index in [-0.39, 0.29) is 5.91 Å². The average molecular weight is 375 g/mol. The lowest BCUT2D eigenvalue weighted by Crippen LogP contribution is -2.35. The summed E-state index contributed by atoms with van der Waals surface area (Å²) in [5, 5.41) is 12.0. The third-order valence-corrected chi connectivity index (χ3v) is 5.07. The first-order valence-corrected chi connectivity index (χ1v) is 9.67. The number of anilines is 1. The first-order chi connectivity index (χ1) is 13.6. The lowest BCUT2D eigenvalue weighted by molar-refractivity contribution is -0.118. The van der Waals surface area contributed by atoms with E-state index in [4.69, 9.17) is 0 Å². The fourth-order valence-electron chi connectivity index (χ4n) is 3.72. The zero-order chi connectivity index (χ0) is 19.7. The SMILES string of the molecule is CC(C)NCCC(=O)N1Cc2ccccc2-c2nnn(C)c2-c2ccccc21. The highest BCUT2D eigenvalue weighted by Crippen LogP contribution is 2.40. The molecular formula is C22H25N5O. The Morgan fingerprint density at radius 1 is 1.11 bits per heavy atom. The lowest BCUT2D eigenvalue weighted by Gasteiger charge is -2.28. The fraction of sp³-hybridized carbons (Fsp3) is 0.318. The van der Waals surface area contributed by atoms with Gasteiger partial charge >= 0.3 is 0 Å². The van der Waals surface area contributed by atoms with Crippen molar-refractivity contribution in [2.24, 2.45) is 7.05 Å². The van der Waals surface area contributed by atoms with Gasteiger partial charge < -0.3 is 10.2 Å². The summed E-state index contributed by atoms with van der Waals surface area (Å²) in [6, 6.07) is 16.5. The number of hydrogen-bond acceptors (Lipinski definition) is 4. The molecule has 3 aromatic rings. The van der Waals surface area contributed by atoms with E-state index in [9.17, 15) is 4.79 Å². The number of rotatable bonds is 4. The van der Waals surface area contributed by atoms with Gasteiger partial charge in [0.2, 0.25) is 5.91 Å². The molecule has 0 spiro atoms. The number of carbonyl (C=O) groups excluding carboxylic acids is 1. The van der Waals surface area contributed by atoms with E-state index in [0.717, 1.165) is 33.8 Å².